The number of fused-ring (bicyclic) bond motifs is 1. The third-order valence-corrected chi connectivity index (χ3v) is 2.99. The number of carbonyl (C=O) groups excluding carboxylic acids is 3. The first kappa shape index (κ1) is 15.0. The second kappa shape index (κ2) is 5.90. The van der Waals surface area contributed by atoms with Gasteiger partial charge in [0, 0.05) is 19.1 Å². The Hall–Kier alpha value is -2.44. The van der Waals surface area contributed by atoms with Crippen LogP contribution < -0.4 is 10.6 Å². The molecule has 2 N–H and O–H groups in total. The van der Waals surface area contributed by atoms with E-state index in [0.717, 1.165) is 11.0 Å². The number of hydrogen-bond acceptors (Lipinski definition) is 3. The summed E-state index contributed by atoms with van der Waals surface area (Å²) >= 11 is 0. The predicted molar refractivity (Wildman–Crippen MR) is 73.4 cm³/mol. The number of benzene rings is 1. The maximum Gasteiger partial charge on any atom is 0.315 e. The molecule has 0 radical (unpaired) electrons. The third-order valence-electron chi connectivity index (χ3n) is 2.99. The number of nitrogens with one attached hydrogen (secondary N) is 2. The van der Waals surface area contributed by atoms with Gasteiger partial charge in [-0.05, 0) is 26.0 Å². The fraction of sp³-hybridized carbons (Fsp3) is 0.357. The molecule has 0 unspecified atom stereocenters. The average molecular weight is 293 g/mol. The van der Waals surface area contributed by atoms with Crippen LogP contribution in [0.4, 0.5) is 9.18 Å². The Morgan fingerprint density at radius 3 is 2.62 bits per heavy atom. The van der Waals surface area contributed by atoms with Gasteiger partial charge in [-0.1, -0.05) is 6.07 Å². The van der Waals surface area contributed by atoms with Crippen LogP contribution in [0, 0.1) is 5.82 Å². The number of imide groups is 1. The normalized spacial score (nSPS) is 13.6. The number of rotatable bonds is 4. The zero-order chi connectivity index (χ0) is 15.6. The zero-order valence-corrected chi connectivity index (χ0v) is 11.8. The van der Waals surface area contributed by atoms with Crippen LogP contribution in [0.25, 0.3) is 0 Å². The van der Waals surface area contributed by atoms with E-state index < -0.39 is 17.6 Å². The molecule has 0 saturated heterocycles. The summed E-state index contributed by atoms with van der Waals surface area (Å²) < 4.78 is 13.6. The number of amides is 4. The van der Waals surface area contributed by atoms with Crippen molar-refractivity contribution in [1.29, 1.82) is 0 Å². The quantitative estimate of drug-likeness (QED) is 0.817. The number of carbonyl (C=O) groups is 3. The van der Waals surface area contributed by atoms with Gasteiger partial charge in [-0.15, -0.1) is 0 Å². The van der Waals surface area contributed by atoms with Crippen molar-refractivity contribution < 1.29 is 18.8 Å². The van der Waals surface area contributed by atoms with E-state index in [-0.39, 0.29) is 36.3 Å². The molecule has 0 spiro atoms. The maximum absolute atomic E-state index is 13.6. The smallest absolute Gasteiger partial charge is 0.315 e. The lowest BCUT2D eigenvalue weighted by Crippen LogP contribution is -2.43. The van der Waals surface area contributed by atoms with E-state index in [0.29, 0.717) is 0 Å². The van der Waals surface area contributed by atoms with Crippen molar-refractivity contribution in [2.24, 2.45) is 0 Å². The fourth-order valence-corrected chi connectivity index (χ4v) is 2.09. The summed E-state index contributed by atoms with van der Waals surface area (Å²) in [6.07, 6.45) is 0. The molecule has 1 heterocycles. The summed E-state index contributed by atoms with van der Waals surface area (Å²) in [5, 5.41) is 5.15. The van der Waals surface area contributed by atoms with E-state index >= 15 is 0 Å². The molecule has 1 aliphatic heterocycles. The van der Waals surface area contributed by atoms with Crippen molar-refractivity contribution in [1.82, 2.24) is 15.5 Å². The maximum atomic E-state index is 13.6. The molecular formula is C14H16FN3O3. The Morgan fingerprint density at radius 2 is 2.00 bits per heavy atom. The molecule has 0 bridgehead atoms. The Bertz CT molecular complexity index is 601. The van der Waals surface area contributed by atoms with Crippen LogP contribution in [-0.2, 0) is 0 Å². The predicted octanol–water partition coefficient (Wildman–Crippen LogP) is 1.13. The van der Waals surface area contributed by atoms with Crippen molar-refractivity contribution in [3.05, 3.63) is 35.1 Å². The van der Waals surface area contributed by atoms with Gasteiger partial charge in [0.15, 0.2) is 0 Å². The van der Waals surface area contributed by atoms with Gasteiger partial charge in [-0.2, -0.15) is 0 Å². The van der Waals surface area contributed by atoms with E-state index in [1.54, 1.807) is 0 Å². The van der Waals surface area contributed by atoms with Gasteiger partial charge in [-0.25, -0.2) is 9.18 Å². The lowest BCUT2D eigenvalue weighted by atomic mass is 10.1. The Labute approximate surface area is 121 Å². The lowest BCUT2D eigenvalue weighted by Gasteiger charge is -2.15. The molecule has 1 aromatic carbocycles. The van der Waals surface area contributed by atoms with Gasteiger partial charge < -0.3 is 10.6 Å². The Balaban J connectivity index is 1.98. The summed E-state index contributed by atoms with van der Waals surface area (Å²) in [7, 11) is 0. The molecule has 7 heteroatoms. The van der Waals surface area contributed by atoms with Crippen LogP contribution in [0.15, 0.2) is 18.2 Å². The molecule has 1 aliphatic rings. The van der Waals surface area contributed by atoms with Gasteiger partial charge in [-0.3, -0.25) is 14.5 Å². The minimum Gasteiger partial charge on any atom is -0.336 e. The van der Waals surface area contributed by atoms with Crippen molar-refractivity contribution in [3.63, 3.8) is 0 Å². The van der Waals surface area contributed by atoms with Gasteiger partial charge >= 0.3 is 6.03 Å². The molecule has 112 valence electrons. The minimum absolute atomic E-state index is 0.00268. The first-order valence-corrected chi connectivity index (χ1v) is 6.61. The summed E-state index contributed by atoms with van der Waals surface area (Å²) in [5.74, 6) is -1.92. The Morgan fingerprint density at radius 1 is 1.29 bits per heavy atom. The second-order valence-electron chi connectivity index (χ2n) is 4.98. The van der Waals surface area contributed by atoms with Gasteiger partial charge in [0.25, 0.3) is 11.8 Å². The molecule has 1 aromatic rings. The highest BCUT2D eigenvalue weighted by atomic mass is 19.1. The molecule has 4 amide bonds. The lowest BCUT2D eigenvalue weighted by molar-refractivity contribution is 0.0654. The molecule has 2 rings (SSSR count). The number of urea groups is 1. The molecule has 0 saturated carbocycles. The highest BCUT2D eigenvalue weighted by molar-refractivity contribution is 6.21. The zero-order valence-electron chi connectivity index (χ0n) is 11.8. The van der Waals surface area contributed by atoms with Crippen molar-refractivity contribution >= 4 is 17.8 Å². The summed E-state index contributed by atoms with van der Waals surface area (Å²) in [5.41, 5.74) is -0.138. The summed E-state index contributed by atoms with van der Waals surface area (Å²) in [6.45, 7) is 3.72. The van der Waals surface area contributed by atoms with Crippen molar-refractivity contribution in [2.45, 2.75) is 19.9 Å². The summed E-state index contributed by atoms with van der Waals surface area (Å²) in [4.78, 5) is 36.4. The van der Waals surface area contributed by atoms with E-state index in [2.05, 4.69) is 10.6 Å². The first-order chi connectivity index (χ1) is 9.91. The largest absolute Gasteiger partial charge is 0.336 e. The van der Waals surface area contributed by atoms with Crippen LogP contribution >= 0.6 is 0 Å². The van der Waals surface area contributed by atoms with E-state index in [4.69, 9.17) is 0 Å². The van der Waals surface area contributed by atoms with Crippen LogP contribution in [-0.4, -0.2) is 41.9 Å². The number of nitrogens with zero attached hydrogens (tertiary/aromatic N) is 1. The van der Waals surface area contributed by atoms with Gasteiger partial charge in [0.1, 0.15) is 5.82 Å². The molecule has 0 aromatic heterocycles. The SMILES string of the molecule is CC(C)NC(=O)NCCN1C(=O)c2cccc(F)c2C1=O. The number of halogens is 1. The van der Waals surface area contributed by atoms with Gasteiger partial charge in [0.05, 0.1) is 11.1 Å². The minimum atomic E-state index is -0.709. The summed E-state index contributed by atoms with van der Waals surface area (Å²) in [6, 6.07) is 3.54. The monoisotopic (exact) mass is 293 g/mol. The molecule has 0 fully saturated rings. The van der Waals surface area contributed by atoms with Crippen LogP contribution in [0.1, 0.15) is 34.6 Å². The molecule has 0 atom stereocenters. The number of hydrogen-bond donors (Lipinski definition) is 2. The molecule has 6 nitrogen and oxygen atoms in total. The average Bonchev–Trinajstić information content (AvgIpc) is 2.64. The van der Waals surface area contributed by atoms with Gasteiger partial charge in [0.2, 0.25) is 0 Å². The first-order valence-electron chi connectivity index (χ1n) is 6.61. The molecule has 21 heavy (non-hydrogen) atoms. The van der Waals surface area contributed by atoms with Crippen LogP contribution in [0.3, 0.4) is 0 Å². The topological polar surface area (TPSA) is 78.5 Å². The van der Waals surface area contributed by atoms with E-state index in [1.807, 2.05) is 13.8 Å². The van der Waals surface area contributed by atoms with Crippen molar-refractivity contribution in [2.75, 3.05) is 13.1 Å². The highest BCUT2D eigenvalue weighted by Gasteiger charge is 2.37. The standard InChI is InChI=1S/C14H16FN3O3/c1-8(2)17-14(21)16-6-7-18-12(19)9-4-3-5-10(15)11(9)13(18)20/h3-5,8H,6-7H2,1-2H3,(H2,16,17,21). The van der Waals surface area contributed by atoms with Crippen molar-refractivity contribution in [3.8, 4) is 0 Å². The molecule has 0 aliphatic carbocycles. The Kier molecular flexibility index (Phi) is 4.21. The van der Waals surface area contributed by atoms with E-state index in [9.17, 15) is 18.8 Å². The fourth-order valence-electron chi connectivity index (χ4n) is 2.09. The highest BCUT2D eigenvalue weighted by Crippen LogP contribution is 2.24. The van der Waals surface area contributed by atoms with E-state index in [1.165, 1.54) is 12.1 Å². The van der Waals surface area contributed by atoms with Crippen LogP contribution in [0.5, 0.6) is 0 Å². The third kappa shape index (κ3) is 3.01. The molecular weight excluding hydrogens is 277 g/mol. The second-order valence-corrected chi connectivity index (χ2v) is 4.98. The van der Waals surface area contributed by atoms with Crippen LogP contribution in [0.2, 0.25) is 0 Å².